The summed E-state index contributed by atoms with van der Waals surface area (Å²) in [7, 11) is 1.69. The molecule has 5 nitrogen and oxygen atoms in total. The Kier molecular flexibility index (Phi) is 6.75. The first-order valence-corrected chi connectivity index (χ1v) is 6.57. The predicted molar refractivity (Wildman–Crippen MR) is 71.9 cm³/mol. The molecule has 1 unspecified atom stereocenters. The Labute approximate surface area is 109 Å². The monoisotopic (exact) mass is 255 g/mol. The summed E-state index contributed by atoms with van der Waals surface area (Å²) in [5.41, 5.74) is 0. The molecule has 1 aromatic rings. The minimum atomic E-state index is 0.0108. The molecule has 0 aliphatic rings. The van der Waals surface area contributed by atoms with Gasteiger partial charge in [-0.2, -0.15) is 5.10 Å². The van der Waals surface area contributed by atoms with Crippen LogP contribution in [-0.4, -0.2) is 42.2 Å². The number of hydrogen-bond acceptors (Lipinski definition) is 4. The van der Waals surface area contributed by atoms with E-state index in [1.54, 1.807) is 13.3 Å². The van der Waals surface area contributed by atoms with E-state index in [-0.39, 0.29) is 6.10 Å². The van der Waals surface area contributed by atoms with Crippen molar-refractivity contribution in [2.24, 2.45) is 0 Å². The minimum Gasteiger partial charge on any atom is -0.483 e. The molecule has 1 N–H and O–H groups in total. The van der Waals surface area contributed by atoms with Gasteiger partial charge in [-0.25, -0.2) is 0 Å². The standard InChI is InChI=1S/C13H25N3O2/c1-5-6-16-9-12(8-15-16)18-13(10-17-4)7-14-11(2)3/h8-9,11,13-14H,5-7,10H2,1-4H3. The number of nitrogens with zero attached hydrogens (tertiary/aromatic N) is 2. The van der Waals surface area contributed by atoms with Gasteiger partial charge >= 0.3 is 0 Å². The van der Waals surface area contributed by atoms with Crippen LogP contribution in [-0.2, 0) is 11.3 Å². The zero-order valence-corrected chi connectivity index (χ0v) is 11.8. The molecule has 1 rings (SSSR count). The lowest BCUT2D eigenvalue weighted by Crippen LogP contribution is -2.37. The van der Waals surface area contributed by atoms with Gasteiger partial charge in [0.15, 0.2) is 5.75 Å². The van der Waals surface area contributed by atoms with Gasteiger partial charge in [-0.3, -0.25) is 4.68 Å². The van der Waals surface area contributed by atoms with E-state index in [0.29, 0.717) is 12.6 Å². The zero-order chi connectivity index (χ0) is 13.4. The number of rotatable bonds is 9. The van der Waals surface area contributed by atoms with Crippen molar-refractivity contribution < 1.29 is 9.47 Å². The van der Waals surface area contributed by atoms with Gasteiger partial charge in [-0.1, -0.05) is 20.8 Å². The normalized spacial score (nSPS) is 12.9. The minimum absolute atomic E-state index is 0.0108. The zero-order valence-electron chi connectivity index (χ0n) is 11.8. The molecule has 0 spiro atoms. The van der Waals surface area contributed by atoms with E-state index >= 15 is 0 Å². The topological polar surface area (TPSA) is 48.3 Å². The van der Waals surface area contributed by atoms with E-state index in [1.165, 1.54) is 0 Å². The third kappa shape index (κ3) is 5.51. The predicted octanol–water partition coefficient (Wildman–Crippen LogP) is 1.68. The summed E-state index contributed by atoms with van der Waals surface area (Å²) in [5, 5.41) is 7.60. The van der Waals surface area contributed by atoms with Crippen molar-refractivity contribution in [1.29, 1.82) is 0 Å². The van der Waals surface area contributed by atoms with Gasteiger partial charge in [0.1, 0.15) is 6.10 Å². The van der Waals surface area contributed by atoms with Gasteiger partial charge in [0.25, 0.3) is 0 Å². The molecular weight excluding hydrogens is 230 g/mol. The van der Waals surface area contributed by atoms with Crippen molar-refractivity contribution in [2.45, 2.75) is 45.9 Å². The maximum absolute atomic E-state index is 5.86. The molecule has 5 heteroatoms. The molecule has 0 bridgehead atoms. The molecule has 0 aromatic carbocycles. The smallest absolute Gasteiger partial charge is 0.157 e. The number of aryl methyl sites for hydroxylation is 1. The van der Waals surface area contributed by atoms with Crippen LogP contribution in [0.4, 0.5) is 0 Å². The summed E-state index contributed by atoms with van der Waals surface area (Å²) in [5.74, 6) is 0.802. The summed E-state index contributed by atoms with van der Waals surface area (Å²) in [4.78, 5) is 0. The van der Waals surface area contributed by atoms with Crippen LogP contribution in [0.1, 0.15) is 27.2 Å². The Morgan fingerprint density at radius 1 is 1.44 bits per heavy atom. The van der Waals surface area contributed by atoms with Gasteiger partial charge in [-0.05, 0) is 6.42 Å². The molecule has 1 heterocycles. The van der Waals surface area contributed by atoms with Crippen LogP contribution in [0.25, 0.3) is 0 Å². The molecule has 18 heavy (non-hydrogen) atoms. The Bertz CT molecular complexity index is 326. The first kappa shape index (κ1) is 15.0. The molecule has 0 radical (unpaired) electrons. The number of methoxy groups -OCH3 is 1. The van der Waals surface area contributed by atoms with Crippen LogP contribution in [0.3, 0.4) is 0 Å². The largest absolute Gasteiger partial charge is 0.483 e. The van der Waals surface area contributed by atoms with Crippen molar-refractivity contribution in [3.8, 4) is 5.75 Å². The lowest BCUT2D eigenvalue weighted by Gasteiger charge is -2.19. The highest BCUT2D eigenvalue weighted by atomic mass is 16.5. The molecule has 0 amide bonds. The van der Waals surface area contributed by atoms with Gasteiger partial charge in [0.2, 0.25) is 0 Å². The van der Waals surface area contributed by atoms with E-state index in [1.807, 2.05) is 10.9 Å². The number of hydrogen-bond donors (Lipinski definition) is 1. The molecule has 1 aromatic heterocycles. The summed E-state index contributed by atoms with van der Waals surface area (Å²) in [6.45, 7) is 8.61. The van der Waals surface area contributed by atoms with Gasteiger partial charge in [0.05, 0.1) is 19.0 Å². The maximum atomic E-state index is 5.86. The first-order valence-electron chi connectivity index (χ1n) is 6.57. The van der Waals surface area contributed by atoms with Crippen molar-refractivity contribution in [3.05, 3.63) is 12.4 Å². The highest BCUT2D eigenvalue weighted by molar-refractivity contribution is 5.12. The maximum Gasteiger partial charge on any atom is 0.157 e. The lowest BCUT2D eigenvalue weighted by molar-refractivity contribution is 0.0793. The third-order valence-corrected chi connectivity index (χ3v) is 2.47. The van der Waals surface area contributed by atoms with Gasteiger partial charge in [-0.15, -0.1) is 0 Å². The van der Waals surface area contributed by atoms with Crippen LogP contribution >= 0.6 is 0 Å². The van der Waals surface area contributed by atoms with Crippen molar-refractivity contribution in [1.82, 2.24) is 15.1 Å². The summed E-state index contributed by atoms with van der Waals surface area (Å²) in [6.07, 6.45) is 4.77. The molecule has 0 aliphatic carbocycles. The number of nitrogens with one attached hydrogen (secondary N) is 1. The van der Waals surface area contributed by atoms with E-state index < -0.39 is 0 Å². The molecule has 0 aliphatic heterocycles. The quantitative estimate of drug-likeness (QED) is 0.729. The molecule has 0 fully saturated rings. The van der Waals surface area contributed by atoms with E-state index in [2.05, 4.69) is 31.2 Å². The molecule has 104 valence electrons. The summed E-state index contributed by atoms with van der Waals surface area (Å²) in [6, 6.07) is 0.441. The third-order valence-electron chi connectivity index (χ3n) is 2.47. The summed E-state index contributed by atoms with van der Waals surface area (Å²) >= 11 is 0. The van der Waals surface area contributed by atoms with E-state index in [9.17, 15) is 0 Å². The Balaban J connectivity index is 2.47. The second-order valence-corrected chi connectivity index (χ2v) is 4.70. The van der Waals surface area contributed by atoms with Crippen LogP contribution in [0.15, 0.2) is 12.4 Å². The Hall–Kier alpha value is -1.07. The molecular formula is C13H25N3O2. The fraction of sp³-hybridized carbons (Fsp3) is 0.769. The van der Waals surface area contributed by atoms with E-state index in [0.717, 1.165) is 25.3 Å². The fourth-order valence-corrected chi connectivity index (χ4v) is 1.64. The van der Waals surface area contributed by atoms with Gasteiger partial charge < -0.3 is 14.8 Å². The Morgan fingerprint density at radius 2 is 2.22 bits per heavy atom. The summed E-state index contributed by atoms with van der Waals surface area (Å²) < 4.78 is 12.9. The second-order valence-electron chi connectivity index (χ2n) is 4.70. The van der Waals surface area contributed by atoms with Crippen LogP contribution in [0.5, 0.6) is 5.75 Å². The SMILES string of the molecule is CCCn1cc(OC(CNC(C)C)COC)cn1. The highest BCUT2D eigenvalue weighted by Gasteiger charge is 2.12. The molecule has 0 saturated heterocycles. The Morgan fingerprint density at radius 3 is 2.83 bits per heavy atom. The second kappa shape index (κ2) is 8.11. The molecule has 1 atom stereocenters. The highest BCUT2D eigenvalue weighted by Crippen LogP contribution is 2.11. The van der Waals surface area contributed by atoms with Crippen LogP contribution in [0, 0.1) is 0 Å². The van der Waals surface area contributed by atoms with E-state index in [4.69, 9.17) is 9.47 Å². The lowest BCUT2D eigenvalue weighted by atomic mass is 10.3. The average Bonchev–Trinajstić information content (AvgIpc) is 2.74. The van der Waals surface area contributed by atoms with Crippen LogP contribution < -0.4 is 10.1 Å². The number of ether oxygens (including phenoxy) is 2. The van der Waals surface area contributed by atoms with Gasteiger partial charge in [0, 0.05) is 26.2 Å². The van der Waals surface area contributed by atoms with Crippen molar-refractivity contribution in [3.63, 3.8) is 0 Å². The first-order chi connectivity index (χ1) is 8.65. The molecule has 0 saturated carbocycles. The van der Waals surface area contributed by atoms with Crippen molar-refractivity contribution in [2.75, 3.05) is 20.3 Å². The van der Waals surface area contributed by atoms with Crippen molar-refractivity contribution >= 4 is 0 Å². The number of aromatic nitrogens is 2. The fourth-order valence-electron chi connectivity index (χ4n) is 1.64. The average molecular weight is 255 g/mol. The van der Waals surface area contributed by atoms with Crippen LogP contribution in [0.2, 0.25) is 0 Å².